The molecule has 1 amide bonds. The van der Waals surface area contributed by atoms with Crippen molar-refractivity contribution in [3.05, 3.63) is 94.8 Å². The Labute approximate surface area is 170 Å². The monoisotopic (exact) mass is 381 g/mol. The molecule has 0 aliphatic heterocycles. The van der Waals surface area contributed by atoms with Crippen molar-refractivity contribution in [2.45, 2.75) is 27.3 Å². The number of rotatable bonds is 4. The quantitative estimate of drug-likeness (QED) is 0.532. The van der Waals surface area contributed by atoms with Crippen molar-refractivity contribution in [1.82, 2.24) is 15.3 Å². The Morgan fingerprint density at radius 2 is 1.79 bits per heavy atom. The van der Waals surface area contributed by atoms with E-state index < -0.39 is 0 Å². The highest BCUT2D eigenvalue weighted by molar-refractivity contribution is 6.07. The molecular weight excluding hydrogens is 358 g/mol. The molecule has 29 heavy (non-hydrogen) atoms. The van der Waals surface area contributed by atoms with Crippen molar-refractivity contribution in [1.29, 1.82) is 0 Å². The molecule has 1 N–H and O–H groups in total. The molecule has 4 heteroatoms. The third-order valence-electron chi connectivity index (χ3n) is 5.26. The van der Waals surface area contributed by atoms with Gasteiger partial charge in [-0.2, -0.15) is 0 Å². The first-order chi connectivity index (χ1) is 14.0. The van der Waals surface area contributed by atoms with Gasteiger partial charge in [0.05, 0.1) is 16.8 Å². The molecule has 0 bridgehead atoms. The maximum absolute atomic E-state index is 13.1. The van der Waals surface area contributed by atoms with E-state index in [9.17, 15) is 4.79 Å². The van der Waals surface area contributed by atoms with E-state index in [1.807, 2.05) is 43.3 Å². The average molecular weight is 381 g/mol. The van der Waals surface area contributed by atoms with Crippen molar-refractivity contribution < 1.29 is 4.79 Å². The lowest BCUT2D eigenvalue weighted by Gasteiger charge is -2.13. The standard InChI is InChI=1S/C25H23N3O/c1-16-9-10-20(12-18(16)3)23-13-22(21-8-4-6-17(2)24(21)28-23)25(29)27-15-19-7-5-11-26-14-19/h4-14H,15H2,1-3H3,(H,27,29). The molecule has 0 saturated carbocycles. The summed E-state index contributed by atoms with van der Waals surface area (Å²) in [5.41, 5.74) is 7.77. The van der Waals surface area contributed by atoms with E-state index in [1.165, 1.54) is 11.1 Å². The van der Waals surface area contributed by atoms with Gasteiger partial charge in [0.2, 0.25) is 0 Å². The summed E-state index contributed by atoms with van der Waals surface area (Å²) in [6.07, 6.45) is 3.48. The fourth-order valence-corrected chi connectivity index (χ4v) is 3.41. The minimum absolute atomic E-state index is 0.114. The molecular formula is C25H23N3O. The first-order valence-corrected chi connectivity index (χ1v) is 9.68. The zero-order chi connectivity index (χ0) is 20.4. The van der Waals surface area contributed by atoms with Gasteiger partial charge in [-0.25, -0.2) is 4.98 Å². The van der Waals surface area contributed by atoms with E-state index in [0.717, 1.165) is 33.3 Å². The van der Waals surface area contributed by atoms with Crippen LogP contribution in [0.3, 0.4) is 0 Å². The molecule has 4 nitrogen and oxygen atoms in total. The summed E-state index contributed by atoms with van der Waals surface area (Å²) in [5, 5.41) is 3.88. The second kappa shape index (κ2) is 7.84. The van der Waals surface area contributed by atoms with E-state index in [-0.39, 0.29) is 5.91 Å². The highest BCUT2D eigenvalue weighted by Gasteiger charge is 2.15. The fraction of sp³-hybridized carbons (Fsp3) is 0.160. The maximum atomic E-state index is 13.1. The zero-order valence-corrected chi connectivity index (χ0v) is 16.9. The highest BCUT2D eigenvalue weighted by atomic mass is 16.1. The van der Waals surface area contributed by atoms with Crippen LogP contribution < -0.4 is 5.32 Å². The van der Waals surface area contributed by atoms with Crippen molar-refractivity contribution in [2.75, 3.05) is 0 Å². The van der Waals surface area contributed by atoms with Gasteiger partial charge >= 0.3 is 0 Å². The second-order valence-electron chi connectivity index (χ2n) is 7.37. The van der Waals surface area contributed by atoms with Gasteiger partial charge in [-0.1, -0.05) is 36.4 Å². The first kappa shape index (κ1) is 18.8. The molecule has 0 unspecified atom stereocenters. The molecule has 2 aromatic carbocycles. The summed E-state index contributed by atoms with van der Waals surface area (Å²) in [6.45, 7) is 6.64. The lowest BCUT2D eigenvalue weighted by Crippen LogP contribution is -2.23. The predicted molar refractivity (Wildman–Crippen MR) is 117 cm³/mol. The van der Waals surface area contributed by atoms with Crippen LogP contribution in [-0.2, 0) is 6.54 Å². The Bertz CT molecular complexity index is 1200. The van der Waals surface area contributed by atoms with Gasteiger partial charge in [0.25, 0.3) is 5.91 Å². The van der Waals surface area contributed by atoms with Gasteiger partial charge in [0.15, 0.2) is 0 Å². The molecule has 0 fully saturated rings. The Morgan fingerprint density at radius 3 is 2.55 bits per heavy atom. The molecule has 0 radical (unpaired) electrons. The Kier molecular flexibility index (Phi) is 5.09. The third kappa shape index (κ3) is 3.87. The number of amides is 1. The van der Waals surface area contributed by atoms with Gasteiger partial charge < -0.3 is 5.32 Å². The van der Waals surface area contributed by atoms with Crippen LogP contribution >= 0.6 is 0 Å². The minimum atomic E-state index is -0.114. The SMILES string of the molecule is Cc1ccc(-c2cc(C(=O)NCc3cccnc3)c3cccc(C)c3n2)cc1C. The molecule has 0 spiro atoms. The largest absolute Gasteiger partial charge is 0.348 e. The summed E-state index contributed by atoms with van der Waals surface area (Å²) in [4.78, 5) is 22.1. The summed E-state index contributed by atoms with van der Waals surface area (Å²) in [6, 6.07) is 17.9. The number of pyridine rings is 2. The maximum Gasteiger partial charge on any atom is 0.252 e. The van der Waals surface area contributed by atoms with E-state index in [4.69, 9.17) is 4.98 Å². The van der Waals surface area contributed by atoms with Crippen molar-refractivity contribution >= 4 is 16.8 Å². The molecule has 0 aliphatic carbocycles. The van der Waals surface area contributed by atoms with Crippen LogP contribution in [0.2, 0.25) is 0 Å². The van der Waals surface area contributed by atoms with Gasteiger partial charge in [0, 0.05) is 29.9 Å². The van der Waals surface area contributed by atoms with Crippen molar-refractivity contribution in [3.8, 4) is 11.3 Å². The van der Waals surface area contributed by atoms with Crippen molar-refractivity contribution in [3.63, 3.8) is 0 Å². The number of carbonyl (C=O) groups is 1. The Morgan fingerprint density at radius 1 is 0.931 bits per heavy atom. The molecule has 2 heterocycles. The number of nitrogens with zero attached hydrogens (tertiary/aromatic N) is 2. The van der Waals surface area contributed by atoms with Gasteiger partial charge in [-0.05, 0) is 61.2 Å². The summed E-state index contributed by atoms with van der Waals surface area (Å²) in [7, 11) is 0. The molecule has 4 aromatic rings. The number of aryl methyl sites for hydroxylation is 3. The number of nitrogens with one attached hydrogen (secondary N) is 1. The minimum Gasteiger partial charge on any atom is -0.348 e. The van der Waals surface area contributed by atoms with Crippen LogP contribution in [0, 0.1) is 20.8 Å². The Hall–Kier alpha value is -3.53. The normalized spacial score (nSPS) is 10.9. The van der Waals surface area contributed by atoms with E-state index >= 15 is 0 Å². The van der Waals surface area contributed by atoms with Crippen LogP contribution in [-0.4, -0.2) is 15.9 Å². The molecule has 4 rings (SSSR count). The molecule has 0 atom stereocenters. The lowest BCUT2D eigenvalue weighted by atomic mass is 9.99. The van der Waals surface area contributed by atoms with E-state index in [0.29, 0.717) is 12.1 Å². The van der Waals surface area contributed by atoms with Crippen LogP contribution in [0.4, 0.5) is 0 Å². The van der Waals surface area contributed by atoms with Crippen LogP contribution in [0.15, 0.2) is 67.0 Å². The fourth-order valence-electron chi connectivity index (χ4n) is 3.41. The first-order valence-electron chi connectivity index (χ1n) is 9.68. The predicted octanol–water partition coefficient (Wildman–Crippen LogP) is 5.15. The lowest BCUT2D eigenvalue weighted by molar-refractivity contribution is 0.0952. The second-order valence-corrected chi connectivity index (χ2v) is 7.37. The van der Waals surface area contributed by atoms with Crippen LogP contribution in [0.1, 0.15) is 32.6 Å². The molecule has 0 saturated heterocycles. The molecule has 144 valence electrons. The number of aromatic nitrogens is 2. The van der Waals surface area contributed by atoms with Gasteiger partial charge in [0.1, 0.15) is 0 Å². The molecule has 2 aromatic heterocycles. The number of para-hydroxylation sites is 1. The average Bonchev–Trinajstić information content (AvgIpc) is 2.74. The zero-order valence-electron chi connectivity index (χ0n) is 16.9. The van der Waals surface area contributed by atoms with E-state index in [2.05, 4.69) is 42.3 Å². The number of hydrogen-bond acceptors (Lipinski definition) is 3. The summed E-state index contributed by atoms with van der Waals surface area (Å²) >= 11 is 0. The third-order valence-corrected chi connectivity index (χ3v) is 5.26. The van der Waals surface area contributed by atoms with Crippen LogP contribution in [0.25, 0.3) is 22.2 Å². The smallest absolute Gasteiger partial charge is 0.252 e. The Balaban J connectivity index is 1.78. The summed E-state index contributed by atoms with van der Waals surface area (Å²) < 4.78 is 0. The van der Waals surface area contributed by atoms with E-state index in [1.54, 1.807) is 12.4 Å². The summed E-state index contributed by atoms with van der Waals surface area (Å²) in [5.74, 6) is -0.114. The number of carbonyl (C=O) groups excluding carboxylic acids is 1. The van der Waals surface area contributed by atoms with Gasteiger partial charge in [-0.15, -0.1) is 0 Å². The highest BCUT2D eigenvalue weighted by Crippen LogP contribution is 2.28. The van der Waals surface area contributed by atoms with Crippen LogP contribution in [0.5, 0.6) is 0 Å². The van der Waals surface area contributed by atoms with Gasteiger partial charge in [-0.3, -0.25) is 9.78 Å². The molecule has 0 aliphatic rings. The number of fused-ring (bicyclic) bond motifs is 1. The number of hydrogen-bond donors (Lipinski definition) is 1. The topological polar surface area (TPSA) is 54.9 Å². The van der Waals surface area contributed by atoms with Crippen molar-refractivity contribution in [2.24, 2.45) is 0 Å². The number of benzene rings is 2.